The molecule has 2 amide bonds. The monoisotopic (exact) mass is 750 g/mol. The topological polar surface area (TPSA) is 82.5 Å². The summed E-state index contributed by atoms with van der Waals surface area (Å²) in [5, 5.41) is 1.23. The summed E-state index contributed by atoms with van der Waals surface area (Å²) >= 11 is 12.6. The summed E-state index contributed by atoms with van der Waals surface area (Å²) in [6.45, 7) is 11.9. The molecule has 49 heavy (non-hydrogen) atoms. The number of ether oxygens (including phenoxy) is 1. The number of amidine groups is 1. The van der Waals surface area contributed by atoms with Gasteiger partial charge in [-0.3, -0.25) is 14.8 Å². The number of urea groups is 1. The van der Waals surface area contributed by atoms with Gasteiger partial charge in [-0.2, -0.15) is 0 Å². The second-order valence-corrected chi connectivity index (χ2v) is 16.4. The number of nitrogens with zero attached hydrogens (tertiary/aromatic N) is 4. The average molecular weight is 752 g/mol. The third kappa shape index (κ3) is 9.91. The van der Waals surface area contributed by atoms with Gasteiger partial charge in [-0.05, 0) is 78.4 Å². The van der Waals surface area contributed by atoms with Crippen LogP contribution in [0.25, 0.3) is 0 Å². The number of benzene rings is 3. The van der Waals surface area contributed by atoms with Gasteiger partial charge in [-0.25, -0.2) is 13.2 Å². The molecule has 3 aromatic rings. The van der Waals surface area contributed by atoms with Crippen LogP contribution in [0.4, 0.5) is 4.79 Å². The highest BCUT2D eigenvalue weighted by Crippen LogP contribution is 2.46. The Balaban J connectivity index is 0.00000325. The molecule has 0 aromatic heterocycles. The third-order valence-corrected chi connectivity index (χ3v) is 10.3. The molecule has 0 spiro atoms. The lowest BCUT2D eigenvalue weighted by Gasteiger charge is -2.39. The Labute approximate surface area is 308 Å². The number of amides is 2. The molecule has 0 bridgehead atoms. The Morgan fingerprint density at radius 2 is 1.49 bits per heavy atom. The van der Waals surface area contributed by atoms with Crippen LogP contribution >= 0.6 is 35.6 Å². The van der Waals surface area contributed by atoms with Gasteiger partial charge in [-0.1, -0.05) is 81.7 Å². The van der Waals surface area contributed by atoms with Crippen LogP contribution < -0.4 is 4.74 Å². The van der Waals surface area contributed by atoms with Crippen molar-refractivity contribution in [3.8, 4) is 5.75 Å². The number of rotatable bonds is 9. The molecule has 0 saturated carbocycles. The van der Waals surface area contributed by atoms with Crippen molar-refractivity contribution in [1.82, 2.24) is 14.7 Å². The van der Waals surface area contributed by atoms with Crippen LogP contribution in [0.2, 0.25) is 10.0 Å². The van der Waals surface area contributed by atoms with E-state index in [4.69, 9.17) is 32.9 Å². The van der Waals surface area contributed by atoms with E-state index in [1.807, 2.05) is 71.3 Å². The fourth-order valence-corrected chi connectivity index (χ4v) is 7.07. The molecule has 8 nitrogen and oxygen atoms in total. The highest BCUT2D eigenvalue weighted by Gasteiger charge is 2.45. The fourth-order valence-electron chi connectivity index (χ4n) is 6.17. The zero-order valence-electron chi connectivity index (χ0n) is 28.2. The van der Waals surface area contributed by atoms with Gasteiger partial charge in [0.25, 0.3) is 0 Å². The van der Waals surface area contributed by atoms with Crippen molar-refractivity contribution >= 4 is 57.3 Å². The van der Waals surface area contributed by atoms with Gasteiger partial charge in [0, 0.05) is 42.5 Å². The Morgan fingerprint density at radius 3 is 2.02 bits per heavy atom. The molecule has 12 heteroatoms. The van der Waals surface area contributed by atoms with E-state index in [0.29, 0.717) is 67.4 Å². The number of halogens is 3. The van der Waals surface area contributed by atoms with Crippen molar-refractivity contribution in [3.63, 3.8) is 0 Å². The molecule has 0 unspecified atom stereocenters. The minimum absolute atomic E-state index is 0. The number of hydrogen-bond acceptors (Lipinski definition) is 6. The number of carbonyl (C=O) groups excluding carboxylic acids is 1. The van der Waals surface area contributed by atoms with E-state index in [0.717, 1.165) is 22.3 Å². The summed E-state index contributed by atoms with van der Waals surface area (Å²) in [6.07, 6.45) is 1.84. The average Bonchev–Trinajstić information content (AvgIpc) is 3.41. The largest absolute Gasteiger partial charge is 0.493 e. The van der Waals surface area contributed by atoms with E-state index in [2.05, 4.69) is 37.8 Å². The van der Waals surface area contributed by atoms with Gasteiger partial charge in [-0.15, -0.1) is 12.4 Å². The van der Waals surface area contributed by atoms with Gasteiger partial charge in [0.2, 0.25) is 0 Å². The molecule has 0 N–H and O–H groups in total. The first kappa shape index (κ1) is 40.6. The molecule has 2 atom stereocenters. The Hall–Kier alpha value is -2.82. The molecular weight excluding hydrogens is 703 g/mol. The lowest BCUT2D eigenvalue weighted by atomic mass is 9.86. The third-order valence-electron chi connectivity index (χ3n) is 8.72. The van der Waals surface area contributed by atoms with Crippen LogP contribution in [0.5, 0.6) is 5.75 Å². The first-order valence-corrected chi connectivity index (χ1v) is 18.9. The summed E-state index contributed by atoms with van der Waals surface area (Å²) in [5.41, 5.74) is 3.61. The van der Waals surface area contributed by atoms with E-state index in [1.165, 1.54) is 6.26 Å². The van der Waals surface area contributed by atoms with Crippen molar-refractivity contribution in [2.75, 3.05) is 51.3 Å². The summed E-state index contributed by atoms with van der Waals surface area (Å²) in [6, 6.07) is 20.4. The smallest absolute Gasteiger partial charge is 0.326 e. The molecule has 2 aliphatic heterocycles. The standard InChI is InChI=1S/C36H44Cl2N4O4S.CH4.ClH/c1-6-46-31-24-27(36(2,3)4)12-17-30(31)34-39-32(25-8-13-28(37)14-9-25)33(26-10-15-29(38)16-11-26)42(34)35(43)41-21-19-40(20-22-41)18-7-23-47(5,44)45;;/h8-17,24,32-33H,6-7,18-23H2,1-5H3;1H4;1H/t32-,33+;;/m0../s1. The molecule has 2 aliphatic rings. The van der Waals surface area contributed by atoms with Crippen molar-refractivity contribution in [2.45, 2.75) is 59.0 Å². The molecule has 1 fully saturated rings. The Bertz CT molecular complexity index is 1700. The molecule has 5 rings (SSSR count). The molecule has 0 aliphatic carbocycles. The highest BCUT2D eigenvalue weighted by atomic mass is 35.5. The molecule has 268 valence electrons. The van der Waals surface area contributed by atoms with Crippen molar-refractivity contribution in [1.29, 1.82) is 0 Å². The lowest BCUT2D eigenvalue weighted by Crippen LogP contribution is -2.54. The van der Waals surface area contributed by atoms with Crippen LogP contribution in [0.1, 0.15) is 75.9 Å². The normalized spacial score (nSPS) is 18.4. The maximum absolute atomic E-state index is 14.8. The number of piperazine rings is 1. The zero-order chi connectivity index (χ0) is 33.9. The van der Waals surface area contributed by atoms with Crippen molar-refractivity contribution in [3.05, 3.63) is 99.0 Å². The van der Waals surface area contributed by atoms with Crippen LogP contribution in [-0.2, 0) is 15.3 Å². The van der Waals surface area contributed by atoms with Gasteiger partial charge in [0.05, 0.1) is 24.0 Å². The first-order chi connectivity index (χ1) is 22.2. The van der Waals surface area contributed by atoms with E-state index in [9.17, 15) is 13.2 Å². The second-order valence-electron chi connectivity index (χ2n) is 13.3. The van der Waals surface area contributed by atoms with Crippen molar-refractivity contribution in [2.24, 2.45) is 4.99 Å². The quantitative estimate of drug-likeness (QED) is 0.219. The predicted molar refractivity (Wildman–Crippen MR) is 205 cm³/mol. The van der Waals surface area contributed by atoms with Gasteiger partial charge in [0.1, 0.15) is 27.5 Å². The van der Waals surface area contributed by atoms with Crippen LogP contribution in [0.3, 0.4) is 0 Å². The van der Waals surface area contributed by atoms with Crippen LogP contribution in [0.15, 0.2) is 71.7 Å². The van der Waals surface area contributed by atoms with Crippen molar-refractivity contribution < 1.29 is 17.9 Å². The molecule has 0 radical (unpaired) electrons. The number of carbonyl (C=O) groups is 1. The van der Waals surface area contributed by atoms with E-state index >= 15 is 0 Å². The molecule has 2 heterocycles. The number of sulfone groups is 1. The maximum atomic E-state index is 14.8. The van der Waals surface area contributed by atoms with Gasteiger partial charge in [0.15, 0.2) is 0 Å². The second kappa shape index (κ2) is 16.9. The minimum Gasteiger partial charge on any atom is -0.493 e. The Morgan fingerprint density at radius 1 is 0.918 bits per heavy atom. The predicted octanol–water partition coefficient (Wildman–Crippen LogP) is 8.46. The van der Waals surface area contributed by atoms with Crippen LogP contribution in [0, 0.1) is 0 Å². The molecule has 1 saturated heterocycles. The molecular formula is C37H49Cl3N4O4S. The summed E-state index contributed by atoms with van der Waals surface area (Å²) in [5.74, 6) is 1.39. The van der Waals surface area contributed by atoms with Gasteiger partial charge < -0.3 is 9.64 Å². The van der Waals surface area contributed by atoms with E-state index in [1.54, 1.807) is 0 Å². The van der Waals surface area contributed by atoms with E-state index in [-0.39, 0.29) is 37.0 Å². The van der Waals surface area contributed by atoms with Gasteiger partial charge >= 0.3 is 6.03 Å². The summed E-state index contributed by atoms with van der Waals surface area (Å²) in [4.78, 5) is 26.0. The minimum atomic E-state index is -3.01. The summed E-state index contributed by atoms with van der Waals surface area (Å²) < 4.78 is 29.5. The highest BCUT2D eigenvalue weighted by molar-refractivity contribution is 7.90. The Kier molecular flexibility index (Phi) is 14.0. The van der Waals surface area contributed by atoms with E-state index < -0.39 is 21.9 Å². The zero-order valence-corrected chi connectivity index (χ0v) is 31.3. The SMILES string of the molecule is C.CCOc1cc(C(C)(C)C)ccc1C1=N[C@@H](c2ccc(Cl)cc2)[C@@H](c2ccc(Cl)cc2)N1C(=O)N1CCN(CCCS(C)(=O)=O)CC1.Cl. The first-order valence-electron chi connectivity index (χ1n) is 16.1. The molecule has 3 aromatic carbocycles. The number of aliphatic imine (C=N–C) groups is 1. The van der Waals surface area contributed by atoms with Crippen LogP contribution in [-0.4, -0.2) is 86.3 Å². The lowest BCUT2D eigenvalue weighted by molar-refractivity contribution is 0.119. The maximum Gasteiger partial charge on any atom is 0.326 e. The number of hydrogen-bond donors (Lipinski definition) is 0. The summed E-state index contributed by atoms with van der Waals surface area (Å²) in [7, 11) is -3.01. The fraction of sp³-hybridized carbons (Fsp3) is 0.459.